The Morgan fingerprint density at radius 2 is 1.79 bits per heavy atom. The average molecular weight is 323 g/mol. The molecule has 0 radical (unpaired) electrons. The Balaban J connectivity index is 2.42. The molecule has 0 N–H and O–H groups in total. The van der Waals surface area contributed by atoms with Crippen LogP contribution in [0.15, 0.2) is 42.5 Å². The molecular weight excluding hydrogens is 302 g/mol. The van der Waals surface area contributed by atoms with Gasteiger partial charge in [0.25, 0.3) is 0 Å². The van der Waals surface area contributed by atoms with Gasteiger partial charge in [-0.2, -0.15) is 5.26 Å². The van der Waals surface area contributed by atoms with Gasteiger partial charge in [0, 0.05) is 5.56 Å². The van der Waals surface area contributed by atoms with Gasteiger partial charge in [0.1, 0.15) is 5.75 Å². The van der Waals surface area contributed by atoms with Crippen LogP contribution in [0.25, 0.3) is 11.6 Å². The Bertz CT molecular complexity index is 760. The van der Waals surface area contributed by atoms with E-state index < -0.39 is 0 Å². The summed E-state index contributed by atoms with van der Waals surface area (Å²) in [5.74, 6) is 1.99. The molecule has 0 saturated carbocycles. The maximum Gasteiger partial charge on any atom is 0.161 e. The summed E-state index contributed by atoms with van der Waals surface area (Å²) in [6, 6.07) is 15.4. The lowest BCUT2D eigenvalue weighted by Gasteiger charge is -2.10. The lowest BCUT2D eigenvalue weighted by molar-refractivity contribution is 0.317. The summed E-state index contributed by atoms with van der Waals surface area (Å²) in [6.07, 6.45) is 2.76. The van der Waals surface area contributed by atoms with Crippen molar-refractivity contribution >= 4 is 11.6 Å². The van der Waals surface area contributed by atoms with Crippen molar-refractivity contribution in [1.29, 1.82) is 5.26 Å². The lowest BCUT2D eigenvalue weighted by atomic mass is 10.0. The minimum absolute atomic E-state index is 0.531. The Morgan fingerprint density at radius 1 is 1.04 bits per heavy atom. The first-order valence-corrected chi connectivity index (χ1v) is 7.79. The van der Waals surface area contributed by atoms with E-state index in [0.717, 1.165) is 23.3 Å². The zero-order valence-electron chi connectivity index (χ0n) is 14.2. The normalized spacial score (nSPS) is 10.8. The van der Waals surface area contributed by atoms with Crippen molar-refractivity contribution in [2.24, 2.45) is 0 Å². The Labute approximate surface area is 142 Å². The monoisotopic (exact) mass is 323 g/mol. The number of hydrogen-bond acceptors (Lipinski definition) is 4. The van der Waals surface area contributed by atoms with Gasteiger partial charge in [0.2, 0.25) is 0 Å². The fourth-order valence-electron chi connectivity index (χ4n) is 2.28. The number of ether oxygens (including phenoxy) is 3. The predicted octanol–water partition coefficient (Wildman–Crippen LogP) is 4.56. The number of benzene rings is 2. The van der Waals surface area contributed by atoms with Crippen molar-refractivity contribution in [3.8, 4) is 23.3 Å². The summed E-state index contributed by atoms with van der Waals surface area (Å²) in [6.45, 7) is 2.70. The summed E-state index contributed by atoms with van der Waals surface area (Å²) >= 11 is 0. The van der Waals surface area contributed by atoms with Gasteiger partial charge >= 0.3 is 0 Å². The van der Waals surface area contributed by atoms with Gasteiger partial charge in [-0.15, -0.1) is 0 Å². The number of rotatable bonds is 7. The Morgan fingerprint density at radius 3 is 2.46 bits per heavy atom. The van der Waals surface area contributed by atoms with Gasteiger partial charge in [-0.25, -0.2) is 0 Å². The Hall–Kier alpha value is -2.93. The molecule has 4 heteroatoms. The van der Waals surface area contributed by atoms with Crippen LogP contribution in [0.1, 0.15) is 24.5 Å². The van der Waals surface area contributed by atoms with Crippen molar-refractivity contribution in [2.45, 2.75) is 13.3 Å². The molecule has 2 aromatic rings. The van der Waals surface area contributed by atoms with Crippen molar-refractivity contribution in [3.05, 3.63) is 53.6 Å². The fraction of sp³-hybridized carbons (Fsp3) is 0.250. The van der Waals surface area contributed by atoms with Gasteiger partial charge in [-0.1, -0.05) is 25.1 Å². The maximum absolute atomic E-state index is 9.57. The van der Waals surface area contributed by atoms with Crippen molar-refractivity contribution < 1.29 is 14.2 Å². The highest BCUT2D eigenvalue weighted by Gasteiger charge is 2.09. The Kier molecular flexibility index (Phi) is 6.27. The summed E-state index contributed by atoms with van der Waals surface area (Å²) in [5, 5.41) is 9.57. The van der Waals surface area contributed by atoms with Crippen LogP contribution in [-0.4, -0.2) is 20.8 Å². The fourth-order valence-corrected chi connectivity index (χ4v) is 2.28. The molecule has 0 saturated heterocycles. The summed E-state index contributed by atoms with van der Waals surface area (Å²) in [7, 11) is 3.16. The quantitative estimate of drug-likeness (QED) is 0.554. The van der Waals surface area contributed by atoms with E-state index in [0.29, 0.717) is 23.7 Å². The first-order chi connectivity index (χ1) is 11.7. The molecule has 0 aromatic heterocycles. The second kappa shape index (κ2) is 8.64. The van der Waals surface area contributed by atoms with Crippen LogP contribution in [0.4, 0.5) is 0 Å². The second-order valence-corrected chi connectivity index (χ2v) is 5.13. The van der Waals surface area contributed by atoms with E-state index in [1.165, 1.54) is 0 Å². The van der Waals surface area contributed by atoms with Crippen LogP contribution >= 0.6 is 0 Å². The highest BCUT2D eigenvalue weighted by atomic mass is 16.5. The second-order valence-electron chi connectivity index (χ2n) is 5.13. The number of methoxy groups -OCH3 is 2. The zero-order valence-corrected chi connectivity index (χ0v) is 14.2. The molecule has 4 nitrogen and oxygen atoms in total. The topological polar surface area (TPSA) is 51.5 Å². The van der Waals surface area contributed by atoms with E-state index >= 15 is 0 Å². The number of nitrogens with zero attached hydrogens (tertiary/aromatic N) is 1. The maximum atomic E-state index is 9.57. The molecule has 0 aliphatic rings. The number of allylic oxidation sites excluding steroid dienone is 1. The molecule has 0 aliphatic carbocycles. The highest BCUT2D eigenvalue weighted by molar-refractivity contribution is 5.91. The lowest BCUT2D eigenvalue weighted by Crippen LogP contribution is -1.97. The third kappa shape index (κ3) is 4.08. The third-order valence-corrected chi connectivity index (χ3v) is 3.50. The molecule has 0 amide bonds. The van der Waals surface area contributed by atoms with Crippen molar-refractivity contribution in [1.82, 2.24) is 0 Å². The first-order valence-electron chi connectivity index (χ1n) is 7.79. The number of hydrogen-bond donors (Lipinski definition) is 0. The van der Waals surface area contributed by atoms with E-state index in [1.807, 2.05) is 36.4 Å². The summed E-state index contributed by atoms with van der Waals surface area (Å²) in [4.78, 5) is 0. The van der Waals surface area contributed by atoms with Gasteiger partial charge < -0.3 is 14.2 Å². The average Bonchev–Trinajstić information content (AvgIpc) is 2.64. The smallest absolute Gasteiger partial charge is 0.161 e. The molecule has 0 heterocycles. The number of nitriles is 1. The predicted molar refractivity (Wildman–Crippen MR) is 95.3 cm³/mol. The molecule has 0 atom stereocenters. The molecule has 2 rings (SSSR count). The minimum atomic E-state index is 0.531. The van der Waals surface area contributed by atoms with Crippen LogP contribution in [0, 0.1) is 11.3 Å². The molecule has 0 spiro atoms. The molecule has 0 fully saturated rings. The van der Waals surface area contributed by atoms with Crippen LogP contribution < -0.4 is 14.2 Å². The summed E-state index contributed by atoms with van der Waals surface area (Å²) < 4.78 is 16.3. The molecule has 0 bridgehead atoms. The molecule has 24 heavy (non-hydrogen) atoms. The molecule has 2 aromatic carbocycles. The van der Waals surface area contributed by atoms with Crippen molar-refractivity contribution in [2.75, 3.05) is 20.8 Å². The van der Waals surface area contributed by atoms with E-state index in [-0.39, 0.29) is 0 Å². The molecular formula is C20H21NO3. The standard InChI is InChI=1S/C20H21NO3/c1-4-11-24-18-8-6-5-7-16(18)12-17(14-21)15-9-10-19(22-2)20(13-15)23-3/h5-10,12-13H,4,11H2,1-3H3/b17-12+. The van der Waals surface area contributed by atoms with E-state index in [4.69, 9.17) is 14.2 Å². The van der Waals surface area contributed by atoms with Gasteiger partial charge in [-0.05, 0) is 42.3 Å². The molecule has 0 unspecified atom stereocenters. The van der Waals surface area contributed by atoms with Crippen LogP contribution in [0.5, 0.6) is 17.2 Å². The van der Waals surface area contributed by atoms with E-state index in [1.54, 1.807) is 26.4 Å². The minimum Gasteiger partial charge on any atom is -0.493 e. The van der Waals surface area contributed by atoms with E-state index in [2.05, 4.69) is 13.0 Å². The summed E-state index contributed by atoms with van der Waals surface area (Å²) in [5.41, 5.74) is 2.17. The highest BCUT2D eigenvalue weighted by Crippen LogP contribution is 2.31. The van der Waals surface area contributed by atoms with Gasteiger partial charge in [0.15, 0.2) is 11.5 Å². The van der Waals surface area contributed by atoms with Gasteiger partial charge in [-0.3, -0.25) is 0 Å². The van der Waals surface area contributed by atoms with Crippen molar-refractivity contribution in [3.63, 3.8) is 0 Å². The first kappa shape index (κ1) is 17.4. The van der Waals surface area contributed by atoms with Crippen LogP contribution in [0.3, 0.4) is 0 Å². The third-order valence-electron chi connectivity index (χ3n) is 3.50. The zero-order chi connectivity index (χ0) is 17.4. The molecule has 0 aliphatic heterocycles. The van der Waals surface area contributed by atoms with Gasteiger partial charge in [0.05, 0.1) is 32.5 Å². The number of para-hydroxylation sites is 1. The van der Waals surface area contributed by atoms with Crippen LogP contribution in [0.2, 0.25) is 0 Å². The molecule has 124 valence electrons. The largest absolute Gasteiger partial charge is 0.493 e. The SMILES string of the molecule is CCCOc1ccccc1/C=C(\C#N)c1ccc(OC)c(OC)c1. The van der Waals surface area contributed by atoms with Crippen LogP contribution in [-0.2, 0) is 0 Å². The van der Waals surface area contributed by atoms with E-state index in [9.17, 15) is 5.26 Å².